The van der Waals surface area contributed by atoms with Gasteiger partial charge in [-0.25, -0.2) is 4.99 Å². The molecule has 0 spiro atoms. The first kappa shape index (κ1) is 15.6. The number of benzene rings is 2. The van der Waals surface area contributed by atoms with E-state index in [0.29, 0.717) is 17.0 Å². The summed E-state index contributed by atoms with van der Waals surface area (Å²) in [7, 11) is 0. The van der Waals surface area contributed by atoms with Gasteiger partial charge < -0.3 is 5.11 Å². The molecule has 1 N–H and O–H groups in total. The summed E-state index contributed by atoms with van der Waals surface area (Å²) >= 11 is 0. The molecule has 6 heteroatoms. The average Bonchev–Trinajstić information content (AvgIpc) is 2.79. The molecule has 0 aromatic heterocycles. The van der Waals surface area contributed by atoms with Gasteiger partial charge in [-0.3, -0.25) is 14.9 Å². The standard InChI is InChI=1S/C18H14N2O4/c1-10-4-3-5-12(8-10)19-17-14-7-6-13(20(23)24)9-15(14)18(22)16(17)11(2)21/h3-9,22H,1-2H3. The first-order valence-corrected chi connectivity index (χ1v) is 7.27. The molecule has 1 aliphatic rings. The van der Waals surface area contributed by atoms with Crippen molar-refractivity contribution < 1.29 is 14.8 Å². The predicted octanol–water partition coefficient (Wildman–Crippen LogP) is 3.90. The Hall–Kier alpha value is -3.28. The monoisotopic (exact) mass is 322 g/mol. The van der Waals surface area contributed by atoms with Crippen molar-refractivity contribution in [3.05, 3.63) is 74.8 Å². The van der Waals surface area contributed by atoms with Crippen LogP contribution in [0.3, 0.4) is 0 Å². The fraction of sp³-hybridized carbons (Fsp3) is 0.111. The minimum Gasteiger partial charge on any atom is -0.506 e. The van der Waals surface area contributed by atoms with Gasteiger partial charge >= 0.3 is 0 Å². The lowest BCUT2D eigenvalue weighted by molar-refractivity contribution is -0.384. The van der Waals surface area contributed by atoms with E-state index in [-0.39, 0.29) is 28.4 Å². The van der Waals surface area contributed by atoms with Gasteiger partial charge in [0.05, 0.1) is 21.9 Å². The molecule has 120 valence electrons. The third kappa shape index (κ3) is 2.58. The number of fused-ring (bicyclic) bond motifs is 1. The summed E-state index contributed by atoms with van der Waals surface area (Å²) in [5.74, 6) is -0.620. The van der Waals surface area contributed by atoms with Gasteiger partial charge in [0.15, 0.2) is 5.78 Å². The van der Waals surface area contributed by atoms with Gasteiger partial charge in [-0.15, -0.1) is 0 Å². The molecule has 0 saturated heterocycles. The minimum absolute atomic E-state index is 0.0759. The second-order valence-electron chi connectivity index (χ2n) is 5.57. The number of carbonyl (C=O) groups excluding carboxylic acids is 1. The van der Waals surface area contributed by atoms with Gasteiger partial charge in [-0.2, -0.15) is 0 Å². The number of hydrogen-bond acceptors (Lipinski definition) is 5. The molecule has 0 heterocycles. The highest BCUT2D eigenvalue weighted by Gasteiger charge is 2.32. The van der Waals surface area contributed by atoms with Gasteiger partial charge in [-0.05, 0) is 37.6 Å². The third-order valence-electron chi connectivity index (χ3n) is 3.79. The maximum absolute atomic E-state index is 12.0. The number of aliphatic hydroxyl groups excluding tert-OH is 1. The van der Waals surface area contributed by atoms with Crippen LogP contribution in [0.1, 0.15) is 23.6 Å². The molecule has 3 rings (SSSR count). The van der Waals surface area contributed by atoms with Crippen molar-refractivity contribution in [1.82, 2.24) is 0 Å². The zero-order valence-corrected chi connectivity index (χ0v) is 13.1. The molecular formula is C18H14N2O4. The van der Waals surface area contributed by atoms with E-state index in [1.165, 1.54) is 25.1 Å². The number of ketones is 1. The molecule has 0 atom stereocenters. The van der Waals surface area contributed by atoms with E-state index >= 15 is 0 Å². The van der Waals surface area contributed by atoms with Gasteiger partial charge in [-0.1, -0.05) is 12.1 Å². The molecular weight excluding hydrogens is 308 g/mol. The molecule has 0 unspecified atom stereocenters. The number of aryl methyl sites for hydroxylation is 1. The number of nitro benzene ring substituents is 1. The van der Waals surface area contributed by atoms with Crippen molar-refractivity contribution >= 4 is 28.6 Å². The maximum atomic E-state index is 12.0. The summed E-state index contributed by atoms with van der Waals surface area (Å²) in [6, 6.07) is 11.5. The van der Waals surface area contributed by atoms with E-state index in [9.17, 15) is 20.0 Å². The van der Waals surface area contributed by atoms with Gasteiger partial charge in [0.25, 0.3) is 5.69 Å². The third-order valence-corrected chi connectivity index (χ3v) is 3.79. The Kier molecular flexibility index (Phi) is 3.73. The average molecular weight is 322 g/mol. The number of carbonyl (C=O) groups is 1. The van der Waals surface area contributed by atoms with Crippen LogP contribution in [0.15, 0.2) is 53.0 Å². The van der Waals surface area contributed by atoms with Crippen molar-refractivity contribution in [3.8, 4) is 0 Å². The lowest BCUT2D eigenvalue weighted by Gasteiger charge is -2.04. The summed E-state index contributed by atoms with van der Waals surface area (Å²) in [6.45, 7) is 3.26. The van der Waals surface area contributed by atoms with E-state index in [2.05, 4.69) is 4.99 Å². The number of nitro groups is 1. The van der Waals surface area contributed by atoms with Crippen molar-refractivity contribution in [1.29, 1.82) is 0 Å². The zero-order valence-electron chi connectivity index (χ0n) is 13.1. The topological polar surface area (TPSA) is 92.8 Å². The molecule has 24 heavy (non-hydrogen) atoms. The summed E-state index contributed by atoms with van der Waals surface area (Å²) in [6.07, 6.45) is 0. The highest BCUT2D eigenvalue weighted by molar-refractivity contribution is 6.36. The normalized spacial score (nSPS) is 14.8. The van der Waals surface area contributed by atoms with Crippen molar-refractivity contribution in [2.24, 2.45) is 4.99 Å². The summed E-state index contributed by atoms with van der Waals surface area (Å²) in [4.78, 5) is 26.9. The van der Waals surface area contributed by atoms with E-state index in [1.807, 2.05) is 25.1 Å². The van der Waals surface area contributed by atoms with Gasteiger partial charge in [0.2, 0.25) is 0 Å². The first-order valence-electron chi connectivity index (χ1n) is 7.27. The second kappa shape index (κ2) is 5.73. The lowest BCUT2D eigenvalue weighted by atomic mass is 10.0. The number of Topliss-reactive ketones (excluding diaryl/α,β-unsaturated/α-hetero) is 1. The summed E-state index contributed by atoms with van der Waals surface area (Å²) in [5, 5.41) is 21.3. The van der Waals surface area contributed by atoms with Crippen molar-refractivity contribution in [2.45, 2.75) is 13.8 Å². The molecule has 6 nitrogen and oxygen atoms in total. The predicted molar refractivity (Wildman–Crippen MR) is 90.7 cm³/mol. The molecule has 0 fully saturated rings. The van der Waals surface area contributed by atoms with Crippen LogP contribution in [0, 0.1) is 17.0 Å². The molecule has 0 saturated carbocycles. The Bertz CT molecular complexity index is 942. The maximum Gasteiger partial charge on any atom is 0.270 e. The number of rotatable bonds is 3. The van der Waals surface area contributed by atoms with Crippen LogP contribution in [0.4, 0.5) is 11.4 Å². The van der Waals surface area contributed by atoms with E-state index in [0.717, 1.165) is 5.56 Å². The fourth-order valence-corrected chi connectivity index (χ4v) is 2.71. The first-order chi connectivity index (χ1) is 11.4. The van der Waals surface area contributed by atoms with Crippen LogP contribution in [0.2, 0.25) is 0 Å². The number of nitrogens with zero attached hydrogens (tertiary/aromatic N) is 2. The zero-order chi connectivity index (χ0) is 17.4. The lowest BCUT2D eigenvalue weighted by Crippen LogP contribution is -2.08. The second-order valence-corrected chi connectivity index (χ2v) is 5.57. The Morgan fingerprint density at radius 3 is 2.54 bits per heavy atom. The van der Waals surface area contributed by atoms with Crippen LogP contribution in [-0.2, 0) is 4.79 Å². The number of aliphatic hydroxyl groups is 1. The van der Waals surface area contributed by atoms with Crippen LogP contribution in [-0.4, -0.2) is 21.5 Å². The van der Waals surface area contributed by atoms with E-state index in [1.54, 1.807) is 6.07 Å². The van der Waals surface area contributed by atoms with Crippen LogP contribution in [0.25, 0.3) is 5.76 Å². The fourth-order valence-electron chi connectivity index (χ4n) is 2.71. The molecule has 2 aromatic carbocycles. The smallest absolute Gasteiger partial charge is 0.270 e. The molecule has 0 bridgehead atoms. The number of allylic oxidation sites excluding steroid dienone is 1. The molecule has 0 radical (unpaired) electrons. The minimum atomic E-state index is -0.545. The Balaban J connectivity index is 2.23. The SMILES string of the molecule is CC(=O)C1=C(O)c2cc([N+](=O)[O-])ccc2C1=Nc1cccc(C)c1. The van der Waals surface area contributed by atoms with Crippen LogP contribution < -0.4 is 0 Å². The molecule has 1 aliphatic carbocycles. The highest BCUT2D eigenvalue weighted by Crippen LogP contribution is 2.35. The number of aliphatic imine (C=N–C) groups is 1. The number of non-ortho nitro benzene ring substituents is 1. The summed E-state index contributed by atoms with van der Waals surface area (Å²) in [5.41, 5.74) is 2.66. The Morgan fingerprint density at radius 1 is 1.17 bits per heavy atom. The molecule has 0 aliphatic heterocycles. The number of hydrogen-bond donors (Lipinski definition) is 1. The van der Waals surface area contributed by atoms with Crippen molar-refractivity contribution in [2.75, 3.05) is 0 Å². The molecule has 2 aromatic rings. The van der Waals surface area contributed by atoms with E-state index in [4.69, 9.17) is 0 Å². The van der Waals surface area contributed by atoms with Crippen LogP contribution in [0.5, 0.6) is 0 Å². The van der Waals surface area contributed by atoms with Gasteiger partial charge in [0, 0.05) is 23.3 Å². The highest BCUT2D eigenvalue weighted by atomic mass is 16.6. The van der Waals surface area contributed by atoms with Crippen LogP contribution >= 0.6 is 0 Å². The van der Waals surface area contributed by atoms with Gasteiger partial charge in [0.1, 0.15) is 5.76 Å². The summed E-state index contributed by atoms with van der Waals surface area (Å²) < 4.78 is 0. The largest absolute Gasteiger partial charge is 0.506 e. The Labute approximate surface area is 137 Å². The van der Waals surface area contributed by atoms with Crippen molar-refractivity contribution in [3.63, 3.8) is 0 Å². The van der Waals surface area contributed by atoms with E-state index < -0.39 is 4.92 Å². The molecule has 0 amide bonds. The quantitative estimate of drug-likeness (QED) is 0.685. The Morgan fingerprint density at radius 2 is 1.92 bits per heavy atom.